The van der Waals surface area contributed by atoms with Gasteiger partial charge in [0.25, 0.3) is 5.91 Å². The van der Waals surface area contributed by atoms with Crippen LogP contribution in [0.5, 0.6) is 0 Å². The van der Waals surface area contributed by atoms with Crippen LogP contribution in [0, 0.1) is 10.5 Å². The van der Waals surface area contributed by atoms with E-state index < -0.39 is 0 Å². The molecule has 1 aliphatic carbocycles. The van der Waals surface area contributed by atoms with Gasteiger partial charge in [-0.25, -0.2) is 0 Å². The molecule has 19 heavy (non-hydrogen) atoms. The molecule has 0 spiro atoms. The molecule has 0 radical (unpaired) electrons. The Balaban J connectivity index is 1.78. The normalized spacial score (nSPS) is 13.4. The second kappa shape index (κ2) is 5.25. The summed E-state index contributed by atoms with van der Waals surface area (Å²) in [6.07, 6.45) is 3.50. The van der Waals surface area contributed by atoms with Gasteiger partial charge in [0.1, 0.15) is 0 Å². The number of nitrogens with one attached hydrogen (secondary N) is 1. The molecule has 0 saturated heterocycles. The lowest BCUT2D eigenvalue weighted by Gasteiger charge is -2.05. The van der Waals surface area contributed by atoms with E-state index in [0.29, 0.717) is 0 Å². The van der Waals surface area contributed by atoms with Crippen molar-refractivity contribution in [2.75, 3.05) is 5.32 Å². The Bertz CT molecular complexity index is 626. The van der Waals surface area contributed by atoms with Gasteiger partial charge in [-0.15, -0.1) is 11.3 Å². The molecule has 1 aromatic heterocycles. The molecule has 4 heteroatoms. The second-order valence-corrected chi connectivity index (χ2v) is 7.13. The van der Waals surface area contributed by atoms with Crippen LogP contribution < -0.4 is 5.32 Å². The van der Waals surface area contributed by atoms with Crippen molar-refractivity contribution >= 4 is 45.5 Å². The number of carbonyl (C=O) groups is 1. The van der Waals surface area contributed by atoms with Crippen molar-refractivity contribution in [2.45, 2.75) is 26.2 Å². The van der Waals surface area contributed by atoms with Gasteiger partial charge in [-0.1, -0.05) is 6.07 Å². The number of carbonyl (C=O) groups excluding carboxylic acids is 1. The predicted octanol–water partition coefficient (Wildman–Crippen LogP) is 4.40. The summed E-state index contributed by atoms with van der Waals surface area (Å²) in [5, 5.41) is 2.98. The summed E-state index contributed by atoms with van der Waals surface area (Å²) in [6, 6.07) is 8.05. The quantitative estimate of drug-likeness (QED) is 0.766. The highest BCUT2D eigenvalue weighted by atomic mass is 127. The van der Waals surface area contributed by atoms with Gasteiger partial charge >= 0.3 is 0 Å². The molecule has 1 aliphatic rings. The molecule has 0 saturated carbocycles. The molecule has 1 N–H and O–H groups in total. The Hall–Kier alpha value is -0.880. The van der Waals surface area contributed by atoms with Crippen LogP contribution in [0.4, 0.5) is 5.69 Å². The highest BCUT2D eigenvalue weighted by molar-refractivity contribution is 14.1. The van der Waals surface area contributed by atoms with Crippen LogP contribution in [0.15, 0.2) is 24.3 Å². The monoisotopic (exact) mass is 383 g/mol. The Labute approximate surface area is 130 Å². The maximum absolute atomic E-state index is 12.2. The van der Waals surface area contributed by atoms with E-state index >= 15 is 0 Å². The van der Waals surface area contributed by atoms with Gasteiger partial charge in [0.05, 0.1) is 4.88 Å². The first-order valence-electron chi connectivity index (χ1n) is 6.32. The molecule has 98 valence electrons. The Kier molecular flexibility index (Phi) is 3.62. The minimum Gasteiger partial charge on any atom is -0.321 e. The van der Waals surface area contributed by atoms with Crippen LogP contribution in [0.2, 0.25) is 0 Å². The lowest BCUT2D eigenvalue weighted by molar-refractivity contribution is 0.103. The number of fused-ring (bicyclic) bond motifs is 1. The van der Waals surface area contributed by atoms with Crippen LogP contribution in [-0.4, -0.2) is 5.91 Å². The molecular formula is C15H14INOS. The van der Waals surface area contributed by atoms with Crippen LogP contribution in [0.1, 0.15) is 32.1 Å². The summed E-state index contributed by atoms with van der Waals surface area (Å²) in [5.74, 6) is 0.0130. The third-order valence-electron chi connectivity index (χ3n) is 3.40. The van der Waals surface area contributed by atoms with Crippen molar-refractivity contribution in [3.05, 3.63) is 48.7 Å². The standard InChI is InChI=1S/C15H14INOS/c1-9-5-6-11(8-12(9)16)17-15(18)14-7-10-3-2-4-13(10)19-14/h5-8H,2-4H2,1H3,(H,17,18). The third-order valence-corrected chi connectivity index (χ3v) is 5.80. The van der Waals surface area contributed by atoms with E-state index in [1.165, 1.54) is 26.0 Å². The first-order chi connectivity index (χ1) is 9.13. The number of hydrogen-bond donors (Lipinski definition) is 1. The highest BCUT2D eigenvalue weighted by Crippen LogP contribution is 2.31. The maximum Gasteiger partial charge on any atom is 0.265 e. The Morgan fingerprint density at radius 1 is 1.32 bits per heavy atom. The minimum atomic E-state index is 0.0130. The Morgan fingerprint density at radius 2 is 2.16 bits per heavy atom. The van der Waals surface area contributed by atoms with Crippen molar-refractivity contribution < 1.29 is 4.79 Å². The summed E-state index contributed by atoms with van der Waals surface area (Å²) >= 11 is 3.93. The molecule has 1 aromatic carbocycles. The molecule has 1 heterocycles. The third kappa shape index (κ3) is 2.69. The average Bonchev–Trinajstić information content (AvgIpc) is 2.94. The maximum atomic E-state index is 12.2. The molecule has 0 atom stereocenters. The molecule has 1 amide bonds. The van der Waals surface area contributed by atoms with E-state index in [0.717, 1.165) is 23.4 Å². The molecule has 0 aliphatic heterocycles. The highest BCUT2D eigenvalue weighted by Gasteiger charge is 2.18. The van der Waals surface area contributed by atoms with Crippen molar-refractivity contribution in [2.24, 2.45) is 0 Å². The van der Waals surface area contributed by atoms with Gasteiger partial charge in [0.15, 0.2) is 0 Å². The van der Waals surface area contributed by atoms with E-state index in [1.807, 2.05) is 18.2 Å². The van der Waals surface area contributed by atoms with Gasteiger partial charge in [-0.05, 0) is 78.1 Å². The molecule has 2 nitrogen and oxygen atoms in total. The van der Waals surface area contributed by atoms with E-state index in [1.54, 1.807) is 11.3 Å². The number of amides is 1. The van der Waals surface area contributed by atoms with Crippen molar-refractivity contribution in [3.63, 3.8) is 0 Å². The zero-order chi connectivity index (χ0) is 13.4. The fourth-order valence-corrected chi connectivity index (χ4v) is 3.97. The van der Waals surface area contributed by atoms with Gasteiger partial charge in [-0.2, -0.15) is 0 Å². The van der Waals surface area contributed by atoms with Crippen molar-refractivity contribution in [3.8, 4) is 0 Å². The fraction of sp³-hybridized carbons (Fsp3) is 0.267. The lowest BCUT2D eigenvalue weighted by Crippen LogP contribution is -2.10. The summed E-state index contributed by atoms with van der Waals surface area (Å²) in [6.45, 7) is 2.07. The van der Waals surface area contributed by atoms with Crippen molar-refractivity contribution in [1.82, 2.24) is 0 Å². The minimum absolute atomic E-state index is 0.0130. The molecule has 0 fully saturated rings. The number of thiophene rings is 1. The molecule has 2 aromatic rings. The van der Waals surface area contributed by atoms with Crippen LogP contribution >= 0.6 is 33.9 Å². The van der Waals surface area contributed by atoms with Crippen LogP contribution in [-0.2, 0) is 12.8 Å². The number of rotatable bonds is 2. The smallest absolute Gasteiger partial charge is 0.265 e. The zero-order valence-corrected chi connectivity index (χ0v) is 13.6. The summed E-state index contributed by atoms with van der Waals surface area (Å²) in [4.78, 5) is 14.4. The molecular weight excluding hydrogens is 369 g/mol. The first-order valence-corrected chi connectivity index (χ1v) is 8.22. The van der Waals surface area contributed by atoms with Gasteiger partial charge in [-0.3, -0.25) is 4.79 Å². The number of halogens is 1. The molecule has 0 unspecified atom stereocenters. The average molecular weight is 383 g/mol. The van der Waals surface area contributed by atoms with E-state index in [2.05, 4.69) is 40.9 Å². The van der Waals surface area contributed by atoms with Crippen molar-refractivity contribution in [1.29, 1.82) is 0 Å². The van der Waals surface area contributed by atoms with E-state index in [9.17, 15) is 4.79 Å². The first kappa shape index (κ1) is 13.1. The number of benzene rings is 1. The predicted molar refractivity (Wildman–Crippen MR) is 88.2 cm³/mol. The van der Waals surface area contributed by atoms with E-state index in [4.69, 9.17) is 0 Å². The fourth-order valence-electron chi connectivity index (χ4n) is 2.30. The van der Waals surface area contributed by atoms with Gasteiger partial charge in [0, 0.05) is 14.1 Å². The van der Waals surface area contributed by atoms with Crippen LogP contribution in [0.3, 0.4) is 0 Å². The summed E-state index contributed by atoms with van der Waals surface area (Å²) in [5.41, 5.74) is 3.47. The van der Waals surface area contributed by atoms with Gasteiger partial charge in [0.2, 0.25) is 0 Å². The number of anilines is 1. The van der Waals surface area contributed by atoms with Gasteiger partial charge < -0.3 is 5.32 Å². The second-order valence-electron chi connectivity index (χ2n) is 4.83. The zero-order valence-electron chi connectivity index (χ0n) is 10.6. The van der Waals surface area contributed by atoms with E-state index in [-0.39, 0.29) is 5.91 Å². The van der Waals surface area contributed by atoms with Crippen LogP contribution in [0.25, 0.3) is 0 Å². The molecule has 0 bridgehead atoms. The topological polar surface area (TPSA) is 29.1 Å². The number of aryl methyl sites for hydroxylation is 3. The summed E-state index contributed by atoms with van der Waals surface area (Å²) in [7, 11) is 0. The Morgan fingerprint density at radius 3 is 2.89 bits per heavy atom. The molecule has 3 rings (SSSR count). The largest absolute Gasteiger partial charge is 0.321 e. The lowest BCUT2D eigenvalue weighted by atomic mass is 10.2. The summed E-state index contributed by atoms with van der Waals surface area (Å²) < 4.78 is 1.17. The SMILES string of the molecule is Cc1ccc(NC(=O)c2cc3c(s2)CCC3)cc1I. The number of hydrogen-bond acceptors (Lipinski definition) is 2.